The van der Waals surface area contributed by atoms with Gasteiger partial charge in [0.25, 0.3) is 0 Å². The van der Waals surface area contributed by atoms with Crippen molar-refractivity contribution in [2.45, 2.75) is 227 Å². The Morgan fingerprint density at radius 1 is 0.429 bits per heavy atom. The average molecular weight is 713 g/mol. The van der Waals surface area contributed by atoms with E-state index >= 15 is 0 Å². The quantitative estimate of drug-likeness (QED) is 0.0507. The predicted octanol–water partition coefficient (Wildman–Crippen LogP) is 13.4. The highest BCUT2D eigenvalue weighted by atomic mass is 28.4. The molecule has 1 N–H and O–H groups in total. The zero-order chi connectivity index (χ0) is 35.9. The number of nitrogens with zero attached hydrogens (tertiary/aromatic N) is 1. The summed E-state index contributed by atoms with van der Waals surface area (Å²) in [5, 5.41) is 3.22. The van der Waals surface area contributed by atoms with Crippen molar-refractivity contribution in [3.8, 4) is 0 Å². The van der Waals surface area contributed by atoms with Gasteiger partial charge in [0.1, 0.15) is 0 Å². The minimum Gasteiger partial charge on any atom is -0.374 e. The minimum absolute atomic E-state index is 0.0980. The molecule has 0 aliphatic rings. The molecule has 0 atom stereocenters. The van der Waals surface area contributed by atoms with Crippen LogP contribution < -0.4 is 5.32 Å². The molecular weight excluding hydrogens is 625 g/mol. The molecule has 0 aromatic carbocycles. The van der Waals surface area contributed by atoms with E-state index in [-0.39, 0.29) is 6.03 Å². The van der Waals surface area contributed by atoms with Crippen molar-refractivity contribution in [2.75, 3.05) is 39.5 Å². The Bertz CT molecular complexity index is 620. The van der Waals surface area contributed by atoms with Crippen molar-refractivity contribution in [1.82, 2.24) is 10.2 Å². The van der Waals surface area contributed by atoms with Gasteiger partial charge >= 0.3 is 14.8 Å². The molecule has 0 unspecified atom stereocenters. The topological polar surface area (TPSA) is 60.0 Å². The summed E-state index contributed by atoms with van der Waals surface area (Å²) >= 11 is 0. The van der Waals surface area contributed by atoms with Gasteiger partial charge < -0.3 is 23.5 Å². The lowest BCUT2D eigenvalue weighted by molar-refractivity contribution is 0.0708. The summed E-state index contributed by atoms with van der Waals surface area (Å²) in [7, 11) is -2.67. The molecule has 0 fully saturated rings. The molecule has 0 heterocycles. The Hall–Kier alpha value is -0.633. The normalized spacial score (nSPS) is 11.8. The van der Waals surface area contributed by atoms with Crippen LogP contribution in [-0.2, 0) is 13.3 Å². The number of urea groups is 1. The lowest BCUT2D eigenvalue weighted by Crippen LogP contribution is -2.47. The Kier molecular flexibility index (Phi) is 38.1. The van der Waals surface area contributed by atoms with Gasteiger partial charge in [0.2, 0.25) is 0 Å². The smallest absolute Gasteiger partial charge is 0.374 e. The minimum atomic E-state index is -2.67. The number of hydrogen-bond donors (Lipinski definition) is 1. The first-order chi connectivity index (χ1) is 24.1. The van der Waals surface area contributed by atoms with E-state index in [1.165, 1.54) is 167 Å². The van der Waals surface area contributed by atoms with Crippen LogP contribution in [0.25, 0.3) is 0 Å². The largest absolute Gasteiger partial charge is 0.500 e. The van der Waals surface area contributed by atoms with E-state index in [4.69, 9.17) is 13.3 Å². The number of amides is 2. The van der Waals surface area contributed by atoms with Gasteiger partial charge in [0.05, 0.1) is 0 Å². The maximum Gasteiger partial charge on any atom is 0.500 e. The van der Waals surface area contributed by atoms with Gasteiger partial charge in [0.15, 0.2) is 0 Å². The molecule has 0 spiro atoms. The van der Waals surface area contributed by atoms with Crippen LogP contribution in [0.1, 0.15) is 221 Å². The molecule has 0 bridgehead atoms. The van der Waals surface area contributed by atoms with Crippen molar-refractivity contribution in [3.05, 3.63) is 0 Å². The fourth-order valence-corrected chi connectivity index (χ4v) is 9.53. The van der Waals surface area contributed by atoms with Crippen LogP contribution in [0.2, 0.25) is 6.04 Å². The molecule has 0 saturated heterocycles. The predicted molar refractivity (Wildman–Crippen MR) is 216 cm³/mol. The monoisotopic (exact) mass is 713 g/mol. The summed E-state index contributed by atoms with van der Waals surface area (Å²) in [5.41, 5.74) is 0. The fourth-order valence-electron chi connectivity index (χ4n) is 6.92. The summed E-state index contributed by atoms with van der Waals surface area (Å²) in [6.45, 7) is 14.7. The van der Waals surface area contributed by atoms with Crippen molar-refractivity contribution < 1.29 is 18.1 Å². The molecule has 0 aromatic heterocycles. The van der Waals surface area contributed by atoms with Gasteiger partial charge in [-0.25, -0.2) is 4.79 Å². The second-order valence-electron chi connectivity index (χ2n) is 14.5. The first kappa shape index (κ1) is 48.4. The maximum atomic E-state index is 13.3. The van der Waals surface area contributed by atoms with Crippen LogP contribution in [-0.4, -0.2) is 59.2 Å². The van der Waals surface area contributed by atoms with E-state index in [0.717, 1.165) is 38.4 Å². The molecule has 0 saturated carbocycles. The zero-order valence-electron chi connectivity index (χ0n) is 34.0. The third kappa shape index (κ3) is 31.8. The van der Waals surface area contributed by atoms with E-state index in [1.54, 1.807) is 0 Å². The molecule has 0 aromatic rings. The highest BCUT2D eigenvalue weighted by Crippen LogP contribution is 2.19. The Labute approximate surface area is 308 Å². The van der Waals surface area contributed by atoms with E-state index in [1.807, 2.05) is 20.8 Å². The van der Waals surface area contributed by atoms with Gasteiger partial charge in [0, 0.05) is 45.5 Å². The van der Waals surface area contributed by atoms with Crippen LogP contribution >= 0.6 is 0 Å². The second kappa shape index (κ2) is 38.6. The van der Waals surface area contributed by atoms with Crippen LogP contribution in [0, 0.1) is 0 Å². The number of carbonyl (C=O) groups is 1. The van der Waals surface area contributed by atoms with Crippen molar-refractivity contribution >= 4 is 14.8 Å². The summed E-state index contributed by atoms with van der Waals surface area (Å²) in [5.74, 6) is 0. The highest BCUT2D eigenvalue weighted by molar-refractivity contribution is 6.60. The van der Waals surface area contributed by atoms with Gasteiger partial charge in [-0.2, -0.15) is 0 Å². The number of carbonyl (C=O) groups excluding carboxylic acids is 1. The maximum absolute atomic E-state index is 13.3. The van der Waals surface area contributed by atoms with Gasteiger partial charge in [-0.05, 0) is 40.0 Å². The lowest BCUT2D eigenvalue weighted by Gasteiger charge is -2.28. The number of rotatable bonds is 40. The third-order valence-corrected chi connectivity index (χ3v) is 13.0. The Balaban J connectivity index is 4.38. The summed E-state index contributed by atoms with van der Waals surface area (Å²) in [4.78, 5) is 15.4. The molecule has 7 heteroatoms. The summed E-state index contributed by atoms with van der Waals surface area (Å²) < 4.78 is 18.0. The molecule has 0 aliphatic carbocycles. The molecule has 0 radical (unpaired) electrons. The average Bonchev–Trinajstić information content (AvgIpc) is 3.09. The van der Waals surface area contributed by atoms with Crippen LogP contribution in [0.3, 0.4) is 0 Å². The van der Waals surface area contributed by atoms with Gasteiger partial charge in [-0.1, -0.05) is 181 Å². The first-order valence-corrected chi connectivity index (χ1v) is 24.0. The lowest BCUT2D eigenvalue weighted by atomic mass is 10.0. The van der Waals surface area contributed by atoms with Gasteiger partial charge in [-0.3, -0.25) is 0 Å². The standard InChI is InChI=1S/C42H88N2O4Si/c1-6-11-13-15-17-19-21-23-25-27-29-31-33-35-39-44(40-36-34-32-30-28-26-24-22-20-18-16-14-12-7-2)42(45)43-38-37-41-49(46-8-3,47-9-4)48-10-5/h6-41H2,1-5H3,(H,43,45). The fraction of sp³-hybridized carbons (Fsp3) is 0.976. The summed E-state index contributed by atoms with van der Waals surface area (Å²) in [6.07, 6.45) is 38.8. The number of hydrogen-bond acceptors (Lipinski definition) is 4. The zero-order valence-corrected chi connectivity index (χ0v) is 35.0. The second-order valence-corrected chi connectivity index (χ2v) is 17.2. The molecule has 0 aliphatic heterocycles. The third-order valence-electron chi connectivity index (χ3n) is 9.88. The molecule has 6 nitrogen and oxygen atoms in total. The van der Waals surface area contributed by atoms with E-state index in [2.05, 4.69) is 24.1 Å². The highest BCUT2D eigenvalue weighted by Gasteiger charge is 2.39. The molecule has 0 rings (SSSR count). The van der Waals surface area contributed by atoms with E-state index in [9.17, 15) is 4.79 Å². The SMILES string of the molecule is CCCCCCCCCCCCCCCCN(CCCCCCCCCCCCCCCC)C(=O)NCCC[Si](OCC)(OCC)OCC. The molecule has 49 heavy (non-hydrogen) atoms. The molecular formula is C42H88N2O4Si. The van der Waals surface area contributed by atoms with Crippen molar-refractivity contribution in [2.24, 2.45) is 0 Å². The van der Waals surface area contributed by atoms with Crippen LogP contribution in [0.4, 0.5) is 4.79 Å². The number of nitrogens with one attached hydrogen (secondary N) is 1. The van der Waals surface area contributed by atoms with Crippen molar-refractivity contribution in [3.63, 3.8) is 0 Å². The Morgan fingerprint density at radius 3 is 1.00 bits per heavy atom. The number of unbranched alkanes of at least 4 members (excludes halogenated alkanes) is 26. The summed E-state index contributed by atoms with van der Waals surface area (Å²) in [6, 6.07) is 0.835. The van der Waals surface area contributed by atoms with E-state index in [0.29, 0.717) is 26.4 Å². The van der Waals surface area contributed by atoms with Gasteiger partial charge in [-0.15, -0.1) is 0 Å². The molecule has 2 amide bonds. The van der Waals surface area contributed by atoms with Crippen LogP contribution in [0.5, 0.6) is 0 Å². The molecule has 294 valence electrons. The van der Waals surface area contributed by atoms with Crippen molar-refractivity contribution in [1.29, 1.82) is 0 Å². The van der Waals surface area contributed by atoms with E-state index < -0.39 is 8.80 Å². The van der Waals surface area contributed by atoms with Crippen LogP contribution in [0.15, 0.2) is 0 Å². The Morgan fingerprint density at radius 2 is 0.714 bits per heavy atom. The first-order valence-electron chi connectivity index (χ1n) is 22.0.